The van der Waals surface area contributed by atoms with Crippen LogP contribution < -0.4 is 20.2 Å². The van der Waals surface area contributed by atoms with E-state index in [1.54, 1.807) is 42.6 Å². The molecule has 3 aromatic rings. The van der Waals surface area contributed by atoms with Crippen LogP contribution >= 0.6 is 45.2 Å². The Balaban J connectivity index is 1.48. The van der Waals surface area contributed by atoms with Crippen LogP contribution in [0.15, 0.2) is 65.8 Å². The van der Waals surface area contributed by atoms with Crippen molar-refractivity contribution in [3.8, 4) is 17.6 Å². The number of anilines is 1. The first kappa shape index (κ1) is 27.4. The van der Waals surface area contributed by atoms with Gasteiger partial charge < -0.3 is 14.8 Å². The van der Waals surface area contributed by atoms with Gasteiger partial charge in [0.1, 0.15) is 18.1 Å². The summed E-state index contributed by atoms with van der Waals surface area (Å²) in [6.07, 6.45) is 1.55. The number of hydrazone groups is 1. The summed E-state index contributed by atoms with van der Waals surface area (Å²) in [4.78, 5) is 24.2. The van der Waals surface area contributed by atoms with Gasteiger partial charge in [-0.2, -0.15) is 10.4 Å². The molecule has 3 aromatic carbocycles. The van der Waals surface area contributed by atoms with Crippen molar-refractivity contribution in [3.63, 3.8) is 0 Å². The average molecular weight is 708 g/mol. The second-order valence-corrected chi connectivity index (χ2v) is 9.78. The van der Waals surface area contributed by atoms with Gasteiger partial charge in [0.2, 0.25) is 11.8 Å². The number of carbonyl (C=O) groups is 2. The highest BCUT2D eigenvalue weighted by Crippen LogP contribution is 2.29. The number of carbonyl (C=O) groups excluding carboxylic acids is 2. The van der Waals surface area contributed by atoms with Crippen LogP contribution in [0.25, 0.3) is 0 Å². The van der Waals surface area contributed by atoms with Crippen LogP contribution in [0.2, 0.25) is 0 Å². The molecule has 2 amide bonds. The molecule has 36 heavy (non-hydrogen) atoms. The largest absolute Gasteiger partial charge is 0.495 e. The van der Waals surface area contributed by atoms with Crippen LogP contribution in [0.4, 0.5) is 5.69 Å². The van der Waals surface area contributed by atoms with Gasteiger partial charge >= 0.3 is 0 Å². The van der Waals surface area contributed by atoms with E-state index >= 15 is 0 Å². The van der Waals surface area contributed by atoms with Crippen molar-refractivity contribution in [1.29, 1.82) is 5.26 Å². The van der Waals surface area contributed by atoms with Gasteiger partial charge in [-0.15, -0.1) is 0 Å². The summed E-state index contributed by atoms with van der Waals surface area (Å²) in [6.45, 7) is 0.381. The van der Waals surface area contributed by atoms with Crippen molar-refractivity contribution in [1.82, 2.24) is 5.43 Å². The maximum atomic E-state index is 12.1. The first-order chi connectivity index (χ1) is 17.4. The Labute approximate surface area is 236 Å². The molecule has 0 atom stereocenters. The zero-order valence-corrected chi connectivity index (χ0v) is 23.6. The number of benzene rings is 3. The van der Waals surface area contributed by atoms with Gasteiger partial charge in [0, 0.05) is 12.8 Å². The SMILES string of the molecule is COc1ccccc1NC(=O)CCC(=O)NN=Cc1cc(I)c(OCc2ccc(C#N)cc2)c(I)c1. The molecule has 0 spiro atoms. The zero-order chi connectivity index (χ0) is 25.9. The van der Waals surface area contributed by atoms with Crippen LogP contribution in [0, 0.1) is 18.5 Å². The van der Waals surface area contributed by atoms with E-state index in [2.05, 4.69) is 67.1 Å². The predicted octanol–water partition coefficient (Wildman–Crippen LogP) is 5.22. The molecule has 0 aliphatic rings. The van der Waals surface area contributed by atoms with Crippen molar-refractivity contribution in [2.24, 2.45) is 5.10 Å². The Morgan fingerprint density at radius 2 is 1.69 bits per heavy atom. The predicted molar refractivity (Wildman–Crippen MR) is 154 cm³/mol. The van der Waals surface area contributed by atoms with E-state index in [0.717, 1.165) is 24.0 Å². The highest BCUT2D eigenvalue weighted by Gasteiger charge is 2.11. The molecule has 0 aliphatic carbocycles. The summed E-state index contributed by atoms with van der Waals surface area (Å²) < 4.78 is 13.0. The quantitative estimate of drug-likeness (QED) is 0.171. The Bertz CT molecular complexity index is 1280. The van der Waals surface area contributed by atoms with Crippen molar-refractivity contribution < 1.29 is 19.1 Å². The van der Waals surface area contributed by atoms with Gasteiger partial charge in [-0.25, -0.2) is 5.43 Å². The third-order valence-corrected chi connectivity index (χ3v) is 6.45. The number of para-hydroxylation sites is 2. The molecule has 0 aromatic heterocycles. The Morgan fingerprint density at radius 1 is 1.03 bits per heavy atom. The lowest BCUT2D eigenvalue weighted by Gasteiger charge is -2.11. The van der Waals surface area contributed by atoms with E-state index in [-0.39, 0.29) is 24.7 Å². The Kier molecular flexibility index (Phi) is 10.5. The van der Waals surface area contributed by atoms with Gasteiger partial charge in [-0.3, -0.25) is 9.59 Å². The molecule has 0 unspecified atom stereocenters. The molecule has 8 nitrogen and oxygen atoms in total. The molecule has 184 valence electrons. The number of nitrogens with zero attached hydrogens (tertiary/aromatic N) is 2. The number of ether oxygens (including phenoxy) is 2. The maximum absolute atomic E-state index is 12.1. The lowest BCUT2D eigenvalue weighted by Crippen LogP contribution is -2.20. The van der Waals surface area contributed by atoms with Crippen LogP contribution in [0.5, 0.6) is 11.5 Å². The minimum atomic E-state index is -0.367. The number of nitrogens with one attached hydrogen (secondary N) is 2. The van der Waals surface area contributed by atoms with E-state index in [4.69, 9.17) is 14.7 Å². The lowest BCUT2D eigenvalue weighted by atomic mass is 10.1. The molecule has 0 bridgehead atoms. The van der Waals surface area contributed by atoms with Crippen LogP contribution in [0.3, 0.4) is 0 Å². The summed E-state index contributed by atoms with van der Waals surface area (Å²) in [5, 5.41) is 15.6. The van der Waals surface area contributed by atoms with E-state index in [0.29, 0.717) is 23.6 Å². The van der Waals surface area contributed by atoms with Gasteiger partial charge in [-0.1, -0.05) is 24.3 Å². The van der Waals surface area contributed by atoms with E-state index in [1.165, 1.54) is 7.11 Å². The van der Waals surface area contributed by atoms with Gasteiger partial charge in [0.15, 0.2) is 0 Å². The second kappa shape index (κ2) is 13.8. The number of methoxy groups -OCH3 is 1. The molecule has 0 saturated heterocycles. The molecule has 0 saturated carbocycles. The topological polar surface area (TPSA) is 113 Å². The van der Waals surface area contributed by atoms with Crippen molar-refractivity contribution in [2.75, 3.05) is 12.4 Å². The first-order valence-electron chi connectivity index (χ1n) is 10.7. The van der Waals surface area contributed by atoms with Crippen LogP contribution in [0.1, 0.15) is 29.5 Å². The molecule has 0 fully saturated rings. The fraction of sp³-hybridized carbons (Fsp3) is 0.154. The fourth-order valence-corrected chi connectivity index (χ4v) is 5.17. The maximum Gasteiger partial charge on any atom is 0.240 e. The molecule has 0 aliphatic heterocycles. The van der Waals surface area contributed by atoms with Crippen molar-refractivity contribution >= 4 is 68.9 Å². The third-order valence-electron chi connectivity index (χ3n) is 4.85. The zero-order valence-electron chi connectivity index (χ0n) is 19.3. The molecule has 0 radical (unpaired) electrons. The first-order valence-corrected chi connectivity index (χ1v) is 12.9. The fourth-order valence-electron chi connectivity index (χ4n) is 3.05. The highest BCUT2D eigenvalue weighted by molar-refractivity contribution is 14.1. The van der Waals surface area contributed by atoms with Gasteiger partial charge in [0.05, 0.1) is 37.8 Å². The number of rotatable bonds is 10. The summed E-state index contributed by atoms with van der Waals surface area (Å²) in [5.74, 6) is 0.644. The molecule has 3 rings (SSSR count). The molecule has 0 heterocycles. The summed E-state index contributed by atoms with van der Waals surface area (Å²) in [6, 6.07) is 20.2. The van der Waals surface area contributed by atoms with Crippen LogP contribution in [-0.2, 0) is 16.2 Å². The summed E-state index contributed by atoms with van der Waals surface area (Å²) in [5.41, 5.74) is 5.37. The normalized spacial score (nSPS) is 10.5. The third kappa shape index (κ3) is 8.20. The highest BCUT2D eigenvalue weighted by atomic mass is 127. The van der Waals surface area contributed by atoms with E-state index in [9.17, 15) is 9.59 Å². The minimum Gasteiger partial charge on any atom is -0.495 e. The van der Waals surface area contributed by atoms with E-state index < -0.39 is 0 Å². The minimum absolute atomic E-state index is 0.00445. The summed E-state index contributed by atoms with van der Waals surface area (Å²) >= 11 is 4.38. The molecular weight excluding hydrogens is 686 g/mol. The monoisotopic (exact) mass is 708 g/mol. The number of hydrogen-bond acceptors (Lipinski definition) is 6. The molecular formula is C26H22I2N4O4. The van der Waals surface area contributed by atoms with E-state index in [1.807, 2.05) is 24.3 Å². The Morgan fingerprint density at radius 3 is 2.36 bits per heavy atom. The van der Waals surface area contributed by atoms with Gasteiger partial charge in [-0.05, 0) is 92.7 Å². The number of amides is 2. The van der Waals surface area contributed by atoms with Crippen LogP contribution in [-0.4, -0.2) is 25.1 Å². The second-order valence-electron chi connectivity index (χ2n) is 7.45. The standard InChI is InChI=1S/C26H22I2N4O4/c1-35-23-5-3-2-4-22(23)31-24(33)10-11-25(34)32-30-15-19-12-20(27)26(21(28)13-19)36-16-18-8-6-17(14-29)7-9-18/h2-9,12-13,15H,10-11,16H2,1H3,(H,31,33)(H,32,34). The van der Waals surface area contributed by atoms with Crippen molar-refractivity contribution in [2.45, 2.75) is 19.4 Å². The number of nitriles is 1. The lowest BCUT2D eigenvalue weighted by molar-refractivity contribution is -0.124. The smallest absolute Gasteiger partial charge is 0.240 e. The number of halogens is 2. The Hall–Kier alpha value is -3.18. The molecule has 2 N–H and O–H groups in total. The number of hydrogen-bond donors (Lipinski definition) is 2. The van der Waals surface area contributed by atoms with Gasteiger partial charge in [0.25, 0.3) is 0 Å². The molecule has 10 heteroatoms. The average Bonchev–Trinajstić information content (AvgIpc) is 2.87. The van der Waals surface area contributed by atoms with Crippen molar-refractivity contribution in [3.05, 3.63) is 84.5 Å². The summed E-state index contributed by atoms with van der Waals surface area (Å²) in [7, 11) is 1.52.